The van der Waals surface area contributed by atoms with Crippen molar-refractivity contribution in [2.75, 3.05) is 20.6 Å². The van der Waals surface area contributed by atoms with E-state index in [2.05, 4.69) is 20.0 Å². The van der Waals surface area contributed by atoms with Gasteiger partial charge in [-0.05, 0) is 33.6 Å². The van der Waals surface area contributed by atoms with Crippen LogP contribution in [0.3, 0.4) is 0 Å². The van der Waals surface area contributed by atoms with E-state index in [-0.39, 0.29) is 28.1 Å². The third-order valence-electron chi connectivity index (χ3n) is 4.06. The molecule has 0 bridgehead atoms. The molecular formula is C14H26BrN2O. The zero-order chi connectivity index (χ0) is 13.5. The van der Waals surface area contributed by atoms with Crippen LogP contribution in [-0.2, 0) is 5.21 Å². The van der Waals surface area contributed by atoms with Crippen molar-refractivity contribution in [1.29, 1.82) is 0 Å². The molecule has 1 heterocycles. The van der Waals surface area contributed by atoms with E-state index < -0.39 is 0 Å². The highest BCUT2D eigenvalue weighted by atomic mass is 79.9. The Morgan fingerprint density at radius 1 is 1.22 bits per heavy atom. The van der Waals surface area contributed by atoms with Crippen molar-refractivity contribution in [2.45, 2.75) is 57.7 Å². The molecule has 0 aromatic heterocycles. The van der Waals surface area contributed by atoms with Crippen LogP contribution in [0.25, 0.3) is 0 Å². The van der Waals surface area contributed by atoms with Gasteiger partial charge in [0.05, 0.1) is 20.1 Å². The third-order valence-corrected chi connectivity index (χ3v) is 4.06. The summed E-state index contributed by atoms with van der Waals surface area (Å²) in [6.45, 7) is 8.84. The van der Waals surface area contributed by atoms with Crippen molar-refractivity contribution >= 4 is 0 Å². The van der Waals surface area contributed by atoms with E-state index in [1.54, 1.807) is 0 Å². The highest BCUT2D eigenvalue weighted by Gasteiger charge is 2.50. The van der Waals surface area contributed by atoms with Crippen LogP contribution in [0.4, 0.5) is 0 Å². The maximum atomic E-state index is 12.3. The summed E-state index contributed by atoms with van der Waals surface area (Å²) >= 11 is 0. The predicted octanol–water partition coefficient (Wildman–Crippen LogP) is -0.933. The smallest absolute Gasteiger partial charge is 0.140 e. The lowest BCUT2D eigenvalue weighted by Gasteiger charge is -2.53. The van der Waals surface area contributed by atoms with E-state index in [4.69, 9.17) is 6.42 Å². The van der Waals surface area contributed by atoms with Crippen LogP contribution >= 0.6 is 0 Å². The highest BCUT2D eigenvalue weighted by molar-refractivity contribution is 4.97. The van der Waals surface area contributed by atoms with Crippen LogP contribution in [0.5, 0.6) is 0 Å². The van der Waals surface area contributed by atoms with E-state index in [9.17, 15) is 5.21 Å². The Labute approximate surface area is 122 Å². The van der Waals surface area contributed by atoms with Gasteiger partial charge in [0.15, 0.2) is 0 Å². The van der Waals surface area contributed by atoms with Crippen molar-refractivity contribution in [1.82, 2.24) is 5.06 Å². The molecule has 0 saturated carbocycles. The van der Waals surface area contributed by atoms with E-state index in [0.29, 0.717) is 6.04 Å². The number of rotatable bonds is 2. The second kappa shape index (κ2) is 5.50. The molecular weight excluding hydrogens is 292 g/mol. The molecule has 0 unspecified atom stereocenters. The molecule has 0 aliphatic carbocycles. The van der Waals surface area contributed by atoms with Gasteiger partial charge in [-0.2, -0.15) is 0 Å². The van der Waals surface area contributed by atoms with Crippen LogP contribution in [0.2, 0.25) is 0 Å². The molecule has 0 N–H and O–H groups in total. The number of piperidine rings is 1. The van der Waals surface area contributed by atoms with E-state index in [0.717, 1.165) is 23.9 Å². The summed E-state index contributed by atoms with van der Waals surface area (Å²) in [5.41, 5.74) is -0.618. The Morgan fingerprint density at radius 2 is 1.61 bits per heavy atom. The molecule has 1 fully saturated rings. The summed E-state index contributed by atoms with van der Waals surface area (Å²) in [4.78, 5) is 0. The Hall–Kier alpha value is -0.0800. The number of quaternary nitrogens is 1. The SMILES string of the molecule is C#CC[N+](C)(C)C1CC(C)(C)N([O])C(C)(C)C1.[Br-]. The lowest BCUT2D eigenvalue weighted by molar-refractivity contribution is -0.911. The first-order chi connectivity index (χ1) is 7.53. The van der Waals surface area contributed by atoms with Gasteiger partial charge < -0.3 is 21.5 Å². The quantitative estimate of drug-likeness (QED) is 0.476. The van der Waals surface area contributed by atoms with Crippen molar-refractivity contribution < 1.29 is 26.7 Å². The summed E-state index contributed by atoms with van der Waals surface area (Å²) < 4.78 is 0.803. The molecule has 0 amide bonds. The van der Waals surface area contributed by atoms with Gasteiger partial charge in [-0.15, -0.1) is 16.7 Å². The molecule has 0 aromatic rings. The van der Waals surface area contributed by atoms with Crippen molar-refractivity contribution in [2.24, 2.45) is 0 Å². The van der Waals surface area contributed by atoms with Gasteiger partial charge in [0.2, 0.25) is 0 Å². The molecule has 1 aliphatic heterocycles. The minimum absolute atomic E-state index is 0. The van der Waals surface area contributed by atoms with Crippen molar-refractivity contribution in [3.63, 3.8) is 0 Å². The Balaban J connectivity index is 0.00000289. The molecule has 105 valence electrons. The molecule has 0 atom stereocenters. The Morgan fingerprint density at radius 3 is 1.94 bits per heavy atom. The van der Waals surface area contributed by atoms with Crippen LogP contribution < -0.4 is 17.0 Å². The first-order valence-electron chi connectivity index (χ1n) is 6.26. The highest BCUT2D eigenvalue weighted by Crippen LogP contribution is 2.40. The molecule has 0 aromatic carbocycles. The number of terminal acetylenes is 1. The van der Waals surface area contributed by atoms with E-state index >= 15 is 0 Å². The standard InChI is InChI=1S/C14H26N2O.BrH/c1-8-9-16(6,7)12-10-13(2,3)15(17)14(4,5)11-12;/h1,12H,9-11H2,2-7H3;1H/q+1;/p-1. The Kier molecular flexibility index (Phi) is 5.48. The molecule has 1 aliphatic rings. The first-order valence-corrected chi connectivity index (χ1v) is 6.26. The summed E-state index contributed by atoms with van der Waals surface area (Å²) in [6.07, 6.45) is 7.24. The topological polar surface area (TPSA) is 23.1 Å². The normalized spacial score (nSPS) is 24.1. The number of halogens is 1. The molecule has 4 heteroatoms. The molecule has 1 radical (unpaired) electrons. The fourth-order valence-corrected chi connectivity index (χ4v) is 3.07. The summed E-state index contributed by atoms with van der Waals surface area (Å²) in [5.74, 6) is 2.75. The molecule has 0 spiro atoms. The second-order valence-corrected chi connectivity index (χ2v) is 7.12. The third kappa shape index (κ3) is 3.48. The lowest BCUT2D eigenvalue weighted by Crippen LogP contribution is -3.00. The van der Waals surface area contributed by atoms with Crippen LogP contribution in [-0.4, -0.2) is 47.3 Å². The molecule has 18 heavy (non-hydrogen) atoms. The largest absolute Gasteiger partial charge is 1.00 e. The second-order valence-electron chi connectivity index (χ2n) is 7.12. The monoisotopic (exact) mass is 317 g/mol. The lowest BCUT2D eigenvalue weighted by atomic mass is 9.77. The van der Waals surface area contributed by atoms with E-state index in [1.165, 1.54) is 5.06 Å². The van der Waals surface area contributed by atoms with Gasteiger partial charge in [0.25, 0.3) is 0 Å². The van der Waals surface area contributed by atoms with Gasteiger partial charge in [0, 0.05) is 23.9 Å². The van der Waals surface area contributed by atoms with Crippen LogP contribution in [0, 0.1) is 12.3 Å². The average molecular weight is 318 g/mol. The Bertz CT molecular complexity index is 313. The van der Waals surface area contributed by atoms with Gasteiger partial charge in [0.1, 0.15) is 6.54 Å². The number of nitrogens with zero attached hydrogens (tertiary/aromatic N) is 2. The molecule has 3 nitrogen and oxygen atoms in total. The van der Waals surface area contributed by atoms with Crippen LogP contribution in [0.1, 0.15) is 40.5 Å². The molecule has 1 rings (SSSR count). The van der Waals surface area contributed by atoms with Crippen molar-refractivity contribution in [3.05, 3.63) is 0 Å². The number of hydrogen-bond acceptors (Lipinski definition) is 1. The minimum Gasteiger partial charge on any atom is -1.00 e. The van der Waals surface area contributed by atoms with E-state index in [1.807, 2.05) is 27.7 Å². The average Bonchev–Trinajstić information content (AvgIpc) is 2.13. The van der Waals surface area contributed by atoms with Crippen LogP contribution in [0.15, 0.2) is 0 Å². The minimum atomic E-state index is -0.309. The zero-order valence-electron chi connectivity index (χ0n) is 12.5. The maximum Gasteiger partial charge on any atom is 0.140 e. The fraction of sp³-hybridized carbons (Fsp3) is 0.857. The zero-order valence-corrected chi connectivity index (χ0v) is 14.0. The fourth-order valence-electron chi connectivity index (χ4n) is 3.07. The molecule has 1 saturated heterocycles. The van der Waals surface area contributed by atoms with Crippen molar-refractivity contribution in [3.8, 4) is 12.3 Å². The van der Waals surface area contributed by atoms with Gasteiger partial charge >= 0.3 is 0 Å². The first kappa shape index (κ1) is 17.9. The maximum absolute atomic E-state index is 12.3. The van der Waals surface area contributed by atoms with Gasteiger partial charge in [-0.3, -0.25) is 0 Å². The summed E-state index contributed by atoms with van der Waals surface area (Å²) in [7, 11) is 4.33. The number of hydroxylamine groups is 2. The summed E-state index contributed by atoms with van der Waals surface area (Å²) in [5, 5.41) is 13.5. The summed E-state index contributed by atoms with van der Waals surface area (Å²) in [6, 6.07) is 0.446. The van der Waals surface area contributed by atoms with Gasteiger partial charge in [-0.25, -0.2) is 0 Å². The van der Waals surface area contributed by atoms with Gasteiger partial charge in [-0.1, -0.05) is 0 Å². The number of hydrogen-bond donors (Lipinski definition) is 0. The predicted molar refractivity (Wildman–Crippen MR) is 69.5 cm³/mol.